The first kappa shape index (κ1) is 11.0. The molecule has 6 heteroatoms. The summed E-state index contributed by atoms with van der Waals surface area (Å²) in [7, 11) is 0. The Hall–Kier alpha value is -2.13. The van der Waals surface area contributed by atoms with Crippen molar-refractivity contribution in [3.8, 4) is 17.4 Å². The topological polar surface area (TPSA) is 75.8 Å². The number of nitrogens with zero attached hydrogens (tertiary/aromatic N) is 3. The van der Waals surface area contributed by atoms with Crippen molar-refractivity contribution in [1.82, 2.24) is 10.1 Å². The number of aryl methyl sites for hydroxylation is 1. The Morgan fingerprint density at radius 3 is 2.94 bits per heavy atom. The van der Waals surface area contributed by atoms with E-state index in [1.807, 2.05) is 24.3 Å². The van der Waals surface area contributed by atoms with E-state index >= 15 is 0 Å². The fraction of sp³-hybridized carbons (Fsp3) is 0.0833. The van der Waals surface area contributed by atoms with Gasteiger partial charge in [-0.05, 0) is 34.1 Å². The normalized spacial score (nSPS) is 10.7. The Morgan fingerprint density at radius 2 is 2.22 bits per heavy atom. The molecule has 0 N–H and O–H groups in total. The molecule has 18 heavy (non-hydrogen) atoms. The molecule has 3 rings (SSSR count). The van der Waals surface area contributed by atoms with Crippen LogP contribution in [-0.2, 0) is 0 Å². The minimum Gasteiger partial charge on any atom is -0.441 e. The van der Waals surface area contributed by atoms with Gasteiger partial charge in [0, 0.05) is 12.5 Å². The number of nitriles is 1. The Bertz CT molecular complexity index is 782. The number of rotatable bonds is 1. The molecule has 3 aromatic rings. The largest absolute Gasteiger partial charge is 0.441 e. The van der Waals surface area contributed by atoms with E-state index in [-0.39, 0.29) is 5.69 Å². The molecule has 0 aliphatic carbocycles. The monoisotopic (exact) mass is 303 g/mol. The van der Waals surface area contributed by atoms with Gasteiger partial charge in [-0.2, -0.15) is 5.26 Å². The molecule has 0 amide bonds. The first-order valence-electron chi connectivity index (χ1n) is 5.12. The number of hydrogen-bond acceptors (Lipinski definition) is 5. The van der Waals surface area contributed by atoms with E-state index in [1.165, 1.54) is 0 Å². The summed E-state index contributed by atoms with van der Waals surface area (Å²) in [6, 6.07) is 7.43. The molecule has 1 aromatic carbocycles. The van der Waals surface area contributed by atoms with Crippen molar-refractivity contribution < 1.29 is 8.94 Å². The quantitative estimate of drug-likeness (QED) is 0.688. The fourth-order valence-corrected chi connectivity index (χ4v) is 2.17. The Labute approximate surface area is 110 Å². The maximum absolute atomic E-state index is 8.82. The fourth-order valence-electron chi connectivity index (χ4n) is 1.71. The van der Waals surface area contributed by atoms with E-state index in [9.17, 15) is 0 Å². The van der Waals surface area contributed by atoms with Crippen LogP contribution in [0.3, 0.4) is 0 Å². The molecule has 0 saturated carbocycles. The average molecular weight is 304 g/mol. The molecule has 0 aliphatic rings. The highest BCUT2D eigenvalue weighted by Gasteiger charge is 2.16. The van der Waals surface area contributed by atoms with Crippen LogP contribution in [0, 0.1) is 18.3 Å². The molecule has 5 nitrogen and oxygen atoms in total. The number of oxazole rings is 1. The van der Waals surface area contributed by atoms with Crippen molar-refractivity contribution in [2.75, 3.05) is 0 Å². The molecule has 0 aliphatic heterocycles. The maximum atomic E-state index is 8.82. The molecule has 2 heterocycles. The van der Waals surface area contributed by atoms with E-state index in [0.717, 1.165) is 11.1 Å². The Morgan fingerprint density at radius 1 is 1.39 bits per heavy atom. The number of fused-ring (bicyclic) bond motifs is 1. The van der Waals surface area contributed by atoms with Gasteiger partial charge in [-0.15, -0.1) is 0 Å². The number of hydrogen-bond donors (Lipinski definition) is 0. The zero-order valence-corrected chi connectivity index (χ0v) is 10.9. The summed E-state index contributed by atoms with van der Waals surface area (Å²) in [4.78, 5) is 4.21. The van der Waals surface area contributed by atoms with Crippen molar-refractivity contribution in [2.45, 2.75) is 6.92 Å². The van der Waals surface area contributed by atoms with Crippen LogP contribution >= 0.6 is 15.9 Å². The summed E-state index contributed by atoms with van der Waals surface area (Å²) in [5.74, 6) is 1.11. The highest BCUT2D eigenvalue weighted by Crippen LogP contribution is 2.32. The van der Waals surface area contributed by atoms with Crippen LogP contribution in [0.25, 0.3) is 22.4 Å². The van der Waals surface area contributed by atoms with Gasteiger partial charge in [-0.3, -0.25) is 0 Å². The van der Waals surface area contributed by atoms with E-state index < -0.39 is 0 Å². The van der Waals surface area contributed by atoms with Gasteiger partial charge in [0.05, 0.1) is 0 Å². The molecule has 0 atom stereocenters. The average Bonchev–Trinajstić information content (AvgIpc) is 2.89. The van der Waals surface area contributed by atoms with Crippen LogP contribution < -0.4 is 0 Å². The molecular formula is C12H6BrN3O2. The SMILES string of the molecule is Cc1nc2ccc(-c3onc(C#N)c3Br)cc2o1. The summed E-state index contributed by atoms with van der Waals surface area (Å²) in [6.07, 6.45) is 0. The molecule has 0 radical (unpaired) electrons. The Kier molecular flexibility index (Phi) is 2.42. The third kappa shape index (κ3) is 1.60. The number of aromatic nitrogens is 2. The summed E-state index contributed by atoms with van der Waals surface area (Å²) in [5, 5.41) is 12.5. The zero-order valence-electron chi connectivity index (χ0n) is 9.27. The van der Waals surface area contributed by atoms with Crippen LogP contribution in [0.15, 0.2) is 31.6 Å². The van der Waals surface area contributed by atoms with E-state index in [1.54, 1.807) is 6.92 Å². The van der Waals surface area contributed by atoms with Gasteiger partial charge in [0.1, 0.15) is 16.1 Å². The molecule has 0 saturated heterocycles. The van der Waals surface area contributed by atoms with Gasteiger partial charge in [-0.1, -0.05) is 5.16 Å². The third-order valence-electron chi connectivity index (χ3n) is 2.50. The van der Waals surface area contributed by atoms with Crippen molar-refractivity contribution >= 4 is 27.0 Å². The second kappa shape index (κ2) is 3.96. The number of halogens is 1. The Balaban J connectivity index is 2.19. The van der Waals surface area contributed by atoms with Gasteiger partial charge in [-0.25, -0.2) is 4.98 Å². The van der Waals surface area contributed by atoms with Crippen LogP contribution in [0.1, 0.15) is 11.6 Å². The molecule has 0 bridgehead atoms. The van der Waals surface area contributed by atoms with E-state index in [4.69, 9.17) is 14.2 Å². The summed E-state index contributed by atoms with van der Waals surface area (Å²) >= 11 is 3.29. The van der Waals surface area contributed by atoms with Gasteiger partial charge < -0.3 is 8.94 Å². The van der Waals surface area contributed by atoms with Crippen molar-refractivity contribution in [1.29, 1.82) is 5.26 Å². The summed E-state index contributed by atoms with van der Waals surface area (Å²) in [5.41, 5.74) is 2.46. The van der Waals surface area contributed by atoms with Crippen molar-refractivity contribution in [3.63, 3.8) is 0 Å². The van der Waals surface area contributed by atoms with Gasteiger partial charge in [0.2, 0.25) is 0 Å². The first-order valence-corrected chi connectivity index (χ1v) is 5.91. The highest BCUT2D eigenvalue weighted by molar-refractivity contribution is 9.10. The summed E-state index contributed by atoms with van der Waals surface area (Å²) < 4.78 is 11.1. The molecule has 88 valence electrons. The lowest BCUT2D eigenvalue weighted by atomic mass is 10.1. The maximum Gasteiger partial charge on any atom is 0.198 e. The van der Waals surface area contributed by atoms with Crippen LogP contribution in [0.2, 0.25) is 0 Å². The van der Waals surface area contributed by atoms with Gasteiger partial charge in [0.15, 0.2) is 22.9 Å². The van der Waals surface area contributed by atoms with Gasteiger partial charge >= 0.3 is 0 Å². The third-order valence-corrected chi connectivity index (χ3v) is 3.23. The zero-order chi connectivity index (χ0) is 12.7. The highest BCUT2D eigenvalue weighted by atomic mass is 79.9. The lowest BCUT2D eigenvalue weighted by Gasteiger charge is -1.95. The second-order valence-corrected chi connectivity index (χ2v) is 4.49. The first-order chi connectivity index (χ1) is 8.69. The lowest BCUT2D eigenvalue weighted by molar-refractivity contribution is 0.429. The molecular weight excluding hydrogens is 298 g/mol. The smallest absolute Gasteiger partial charge is 0.198 e. The second-order valence-electron chi connectivity index (χ2n) is 3.70. The molecule has 0 fully saturated rings. The minimum atomic E-state index is 0.221. The molecule has 2 aromatic heterocycles. The van der Waals surface area contributed by atoms with Gasteiger partial charge in [0.25, 0.3) is 0 Å². The van der Waals surface area contributed by atoms with Crippen molar-refractivity contribution in [3.05, 3.63) is 34.3 Å². The van der Waals surface area contributed by atoms with E-state index in [2.05, 4.69) is 26.1 Å². The minimum absolute atomic E-state index is 0.221. The standard InChI is InChI=1S/C12H6BrN3O2/c1-6-15-8-3-2-7(4-10(8)17-6)12-11(13)9(5-14)16-18-12/h2-4H,1H3. The van der Waals surface area contributed by atoms with Crippen LogP contribution in [0.5, 0.6) is 0 Å². The van der Waals surface area contributed by atoms with E-state index in [0.29, 0.717) is 21.7 Å². The molecule has 0 spiro atoms. The predicted octanol–water partition coefficient (Wildman–Crippen LogP) is 3.43. The number of benzene rings is 1. The van der Waals surface area contributed by atoms with Crippen LogP contribution in [-0.4, -0.2) is 10.1 Å². The predicted molar refractivity (Wildman–Crippen MR) is 66.7 cm³/mol. The van der Waals surface area contributed by atoms with Crippen molar-refractivity contribution in [2.24, 2.45) is 0 Å². The summed E-state index contributed by atoms with van der Waals surface area (Å²) in [6.45, 7) is 1.79. The lowest BCUT2D eigenvalue weighted by Crippen LogP contribution is -1.76. The van der Waals surface area contributed by atoms with Crippen LogP contribution in [0.4, 0.5) is 0 Å². The molecule has 0 unspecified atom stereocenters.